The molecule has 2 N–H and O–H groups in total. The molecule has 0 heterocycles. The van der Waals surface area contributed by atoms with E-state index in [1.165, 1.54) is 19.1 Å². The Bertz CT molecular complexity index is 980. The first kappa shape index (κ1) is 23.3. The van der Waals surface area contributed by atoms with Crippen LogP contribution in [0.15, 0.2) is 24.3 Å². The number of ether oxygens (including phenoxy) is 1. The van der Waals surface area contributed by atoms with Gasteiger partial charge in [0.2, 0.25) is 0 Å². The third-order valence-electron chi connectivity index (χ3n) is 4.62. The number of nitrogens with one attached hydrogen (secondary N) is 1. The first-order valence-electron chi connectivity index (χ1n) is 9.57. The topological polar surface area (TPSA) is 75.6 Å². The standard InChI is InChI=1S/C23H27F2NO4/c1-12-7-8-17(24)14(3)20(12)15-9-13(2)21(25)16(10-15)18(11-19(27)28)26-22(29)30-23(4,5)6/h7-10,18H,11H2,1-6H3,(H,26,29)(H,27,28)/t18-/m0/s1. The van der Waals surface area contributed by atoms with Gasteiger partial charge in [-0.2, -0.15) is 0 Å². The van der Waals surface area contributed by atoms with E-state index in [0.717, 1.165) is 5.56 Å². The van der Waals surface area contributed by atoms with Crippen molar-refractivity contribution in [3.63, 3.8) is 0 Å². The molecule has 1 amide bonds. The van der Waals surface area contributed by atoms with Crippen LogP contribution in [0.1, 0.15) is 55.5 Å². The second kappa shape index (κ2) is 8.81. The number of alkyl carbamates (subject to hydrolysis) is 1. The van der Waals surface area contributed by atoms with Crippen molar-refractivity contribution in [2.45, 2.75) is 59.6 Å². The van der Waals surface area contributed by atoms with Gasteiger partial charge < -0.3 is 15.2 Å². The van der Waals surface area contributed by atoms with E-state index in [1.807, 2.05) is 6.92 Å². The Balaban J connectivity index is 2.58. The van der Waals surface area contributed by atoms with E-state index in [2.05, 4.69) is 5.32 Å². The van der Waals surface area contributed by atoms with Gasteiger partial charge in [0.05, 0.1) is 12.5 Å². The molecule has 0 bridgehead atoms. The van der Waals surface area contributed by atoms with Gasteiger partial charge in [-0.25, -0.2) is 13.6 Å². The number of hydrogen-bond donors (Lipinski definition) is 2. The highest BCUT2D eigenvalue weighted by Crippen LogP contribution is 2.34. The average Bonchev–Trinajstić information content (AvgIpc) is 2.58. The fourth-order valence-corrected chi connectivity index (χ4v) is 3.32. The largest absolute Gasteiger partial charge is 0.481 e. The maximum absolute atomic E-state index is 15.0. The van der Waals surface area contributed by atoms with E-state index in [-0.39, 0.29) is 11.1 Å². The summed E-state index contributed by atoms with van der Waals surface area (Å²) >= 11 is 0. The minimum atomic E-state index is -1.21. The molecule has 0 aliphatic carbocycles. The van der Waals surface area contributed by atoms with Gasteiger partial charge in [0, 0.05) is 5.56 Å². The molecule has 2 rings (SSSR count). The van der Waals surface area contributed by atoms with Crippen LogP contribution >= 0.6 is 0 Å². The molecule has 30 heavy (non-hydrogen) atoms. The molecule has 7 heteroatoms. The van der Waals surface area contributed by atoms with Crippen molar-refractivity contribution in [1.82, 2.24) is 5.32 Å². The van der Waals surface area contributed by atoms with Crippen molar-refractivity contribution >= 4 is 12.1 Å². The molecule has 0 saturated carbocycles. The Hall–Kier alpha value is -2.96. The van der Waals surface area contributed by atoms with E-state index in [9.17, 15) is 19.1 Å². The SMILES string of the molecule is Cc1cc(-c2c(C)ccc(F)c2C)cc([C@H](CC(=O)O)NC(=O)OC(C)(C)C)c1F. The van der Waals surface area contributed by atoms with E-state index >= 15 is 4.39 Å². The first-order chi connectivity index (χ1) is 13.8. The number of amides is 1. The van der Waals surface area contributed by atoms with Crippen LogP contribution in [0.4, 0.5) is 13.6 Å². The number of aryl methyl sites for hydroxylation is 2. The molecule has 0 fully saturated rings. The molecule has 162 valence electrons. The van der Waals surface area contributed by atoms with Gasteiger partial charge in [0.15, 0.2) is 0 Å². The quantitative estimate of drug-likeness (QED) is 0.662. The number of halogens is 2. The number of hydrogen-bond acceptors (Lipinski definition) is 3. The summed E-state index contributed by atoms with van der Waals surface area (Å²) in [5.41, 5.74) is 1.80. The predicted molar refractivity (Wildman–Crippen MR) is 110 cm³/mol. The Labute approximate surface area is 175 Å². The van der Waals surface area contributed by atoms with Crippen molar-refractivity contribution in [1.29, 1.82) is 0 Å². The van der Waals surface area contributed by atoms with Crippen LogP contribution in [0.25, 0.3) is 11.1 Å². The van der Waals surface area contributed by atoms with Crippen LogP contribution in [0.2, 0.25) is 0 Å². The number of carboxylic acid groups (broad SMARTS) is 1. The lowest BCUT2D eigenvalue weighted by Gasteiger charge is -2.24. The molecule has 0 aliphatic rings. The fourth-order valence-electron chi connectivity index (χ4n) is 3.32. The van der Waals surface area contributed by atoms with Crippen LogP contribution in [-0.4, -0.2) is 22.8 Å². The van der Waals surface area contributed by atoms with Gasteiger partial charge in [-0.3, -0.25) is 4.79 Å². The number of benzene rings is 2. The Morgan fingerprint density at radius 1 is 1.10 bits per heavy atom. The van der Waals surface area contributed by atoms with Crippen molar-refractivity contribution in [3.8, 4) is 11.1 Å². The number of carbonyl (C=O) groups excluding carboxylic acids is 1. The summed E-state index contributed by atoms with van der Waals surface area (Å²) in [7, 11) is 0. The maximum Gasteiger partial charge on any atom is 0.408 e. The molecule has 0 radical (unpaired) electrons. The third kappa shape index (κ3) is 5.55. The predicted octanol–water partition coefficient (Wildman–Crippen LogP) is 5.60. The highest BCUT2D eigenvalue weighted by molar-refractivity contribution is 5.75. The summed E-state index contributed by atoms with van der Waals surface area (Å²) in [6, 6.07) is 4.87. The number of carboxylic acids is 1. The summed E-state index contributed by atoms with van der Waals surface area (Å²) in [5, 5.41) is 11.8. The van der Waals surface area contributed by atoms with E-state index in [1.54, 1.807) is 39.8 Å². The molecule has 0 saturated heterocycles. The highest BCUT2D eigenvalue weighted by atomic mass is 19.1. The molecular weight excluding hydrogens is 392 g/mol. The molecule has 2 aromatic rings. The number of carbonyl (C=O) groups is 2. The molecule has 0 aromatic heterocycles. The number of rotatable bonds is 5. The van der Waals surface area contributed by atoms with Gasteiger partial charge in [0.1, 0.15) is 17.2 Å². The Kier molecular flexibility index (Phi) is 6.85. The van der Waals surface area contributed by atoms with E-state index < -0.39 is 41.8 Å². The zero-order valence-corrected chi connectivity index (χ0v) is 18.0. The van der Waals surface area contributed by atoms with E-state index in [4.69, 9.17) is 4.74 Å². The maximum atomic E-state index is 15.0. The zero-order valence-electron chi connectivity index (χ0n) is 18.0. The average molecular weight is 419 g/mol. The lowest BCUT2D eigenvalue weighted by Crippen LogP contribution is -2.36. The Morgan fingerprint density at radius 2 is 1.73 bits per heavy atom. The molecule has 0 aliphatic heterocycles. The van der Waals surface area contributed by atoms with Crippen LogP contribution in [-0.2, 0) is 9.53 Å². The minimum absolute atomic E-state index is 0.00122. The van der Waals surface area contributed by atoms with Crippen LogP contribution in [0.3, 0.4) is 0 Å². The smallest absolute Gasteiger partial charge is 0.408 e. The monoisotopic (exact) mass is 419 g/mol. The number of aliphatic carboxylic acids is 1. The molecule has 0 unspecified atom stereocenters. The second-order valence-corrected chi connectivity index (χ2v) is 8.36. The van der Waals surface area contributed by atoms with Crippen molar-refractivity contribution < 1.29 is 28.2 Å². The van der Waals surface area contributed by atoms with Crippen LogP contribution < -0.4 is 5.32 Å². The molecule has 1 atom stereocenters. The normalized spacial score (nSPS) is 12.4. The second-order valence-electron chi connectivity index (χ2n) is 8.36. The van der Waals surface area contributed by atoms with Crippen molar-refractivity contribution in [2.75, 3.05) is 0 Å². The van der Waals surface area contributed by atoms with Gasteiger partial charge in [0.25, 0.3) is 0 Å². The summed E-state index contributed by atoms with van der Waals surface area (Å²) in [6.45, 7) is 9.98. The molecule has 0 spiro atoms. The van der Waals surface area contributed by atoms with Gasteiger partial charge in [-0.05, 0) is 87.6 Å². The summed E-state index contributed by atoms with van der Waals surface area (Å²) in [5.74, 6) is -2.24. The van der Waals surface area contributed by atoms with Crippen LogP contribution in [0, 0.1) is 32.4 Å². The molecule has 5 nitrogen and oxygen atoms in total. The van der Waals surface area contributed by atoms with Gasteiger partial charge >= 0.3 is 12.1 Å². The molecular formula is C23H27F2NO4. The summed E-state index contributed by atoms with van der Waals surface area (Å²) < 4.78 is 34.4. The Morgan fingerprint density at radius 3 is 2.30 bits per heavy atom. The minimum Gasteiger partial charge on any atom is -0.481 e. The highest BCUT2D eigenvalue weighted by Gasteiger charge is 2.26. The van der Waals surface area contributed by atoms with Crippen LogP contribution in [0.5, 0.6) is 0 Å². The first-order valence-corrected chi connectivity index (χ1v) is 9.57. The van der Waals surface area contributed by atoms with Gasteiger partial charge in [-0.15, -0.1) is 0 Å². The zero-order chi connectivity index (χ0) is 22.8. The molecule has 2 aromatic carbocycles. The third-order valence-corrected chi connectivity index (χ3v) is 4.62. The summed E-state index contributed by atoms with van der Waals surface area (Å²) in [4.78, 5) is 23.6. The van der Waals surface area contributed by atoms with E-state index in [0.29, 0.717) is 16.7 Å². The lowest BCUT2D eigenvalue weighted by molar-refractivity contribution is -0.137. The van der Waals surface area contributed by atoms with Crippen molar-refractivity contribution in [3.05, 3.63) is 58.2 Å². The van der Waals surface area contributed by atoms with Gasteiger partial charge in [-0.1, -0.05) is 6.07 Å². The fraction of sp³-hybridized carbons (Fsp3) is 0.391. The lowest BCUT2D eigenvalue weighted by atomic mass is 9.90. The summed E-state index contributed by atoms with van der Waals surface area (Å²) in [6.07, 6.45) is -1.39. The van der Waals surface area contributed by atoms with Crippen molar-refractivity contribution in [2.24, 2.45) is 0 Å².